The predicted molar refractivity (Wildman–Crippen MR) is 200 cm³/mol. The van der Waals surface area contributed by atoms with Crippen molar-refractivity contribution in [2.75, 3.05) is 26.4 Å². The maximum Gasteiger partial charge on any atom is 0.222 e. The molecule has 4 atom stereocenters. The van der Waals surface area contributed by atoms with E-state index in [-0.39, 0.29) is 0 Å². The number of hydrogen-bond acceptors (Lipinski definition) is 7. The van der Waals surface area contributed by atoms with E-state index < -0.39 is 0 Å². The van der Waals surface area contributed by atoms with Gasteiger partial charge >= 0.3 is 0 Å². The lowest BCUT2D eigenvalue weighted by Crippen LogP contribution is -2.09. The van der Waals surface area contributed by atoms with Crippen LogP contribution in [0.15, 0.2) is 109 Å². The fourth-order valence-electron chi connectivity index (χ4n) is 5.92. The highest BCUT2D eigenvalue weighted by Gasteiger charge is 2.23. The molecular formula is C44H47NO6. The number of hydrogen-bond donors (Lipinski definition) is 0. The average molecular weight is 686 g/mol. The molecule has 0 N–H and O–H groups in total. The SMILES string of the molecule is Cc1cc(Oc2ccc(-c3ccc(OCC(C)CCC4CO4)cc3)cc2)nc(Oc2ccc(-c3ccc(OCC(C)CCC4CO4)cc3)cc2)c1. The molecule has 264 valence electrons. The molecule has 0 spiro atoms. The van der Waals surface area contributed by atoms with Crippen molar-refractivity contribution in [2.24, 2.45) is 11.8 Å². The maximum absolute atomic E-state index is 6.15. The molecule has 0 bridgehead atoms. The standard InChI is InChI=1S/C44H47NO6/c1-30(4-14-41-28-48-41)26-46-37-16-6-33(7-17-37)35-10-20-39(21-11-35)50-43-24-32(3)25-44(45-43)51-40-22-12-36(13-23-40)34-8-18-38(19-9-34)47-27-31(2)5-15-42-29-49-42/h6-13,16-25,30-31,41-42H,4-5,14-15,26-29H2,1-3H3. The molecule has 2 saturated heterocycles. The summed E-state index contributed by atoms with van der Waals surface area (Å²) in [5.74, 6) is 5.14. The molecule has 3 heterocycles. The highest BCUT2D eigenvalue weighted by Crippen LogP contribution is 2.31. The average Bonchev–Trinajstić information content (AvgIpc) is 4.09. The molecular weight excluding hydrogens is 638 g/mol. The number of epoxide rings is 2. The number of nitrogens with zero attached hydrogens (tertiary/aromatic N) is 1. The van der Waals surface area contributed by atoms with Crippen molar-refractivity contribution in [3.63, 3.8) is 0 Å². The molecule has 51 heavy (non-hydrogen) atoms. The summed E-state index contributed by atoms with van der Waals surface area (Å²) in [6.07, 6.45) is 5.46. The zero-order chi connectivity index (χ0) is 35.0. The molecule has 0 saturated carbocycles. The number of pyridine rings is 1. The van der Waals surface area contributed by atoms with Gasteiger partial charge in [-0.1, -0.05) is 62.4 Å². The second kappa shape index (κ2) is 16.4. The molecule has 7 rings (SSSR count). The van der Waals surface area contributed by atoms with E-state index in [4.69, 9.17) is 28.4 Å². The summed E-state index contributed by atoms with van der Waals surface area (Å²) in [4.78, 5) is 4.63. The van der Waals surface area contributed by atoms with Crippen LogP contribution in [0.5, 0.6) is 34.8 Å². The minimum atomic E-state index is 0.475. The van der Waals surface area contributed by atoms with Crippen molar-refractivity contribution >= 4 is 0 Å². The van der Waals surface area contributed by atoms with Crippen molar-refractivity contribution in [3.05, 3.63) is 115 Å². The largest absolute Gasteiger partial charge is 0.493 e. The van der Waals surface area contributed by atoms with Crippen LogP contribution in [0.2, 0.25) is 0 Å². The third kappa shape index (κ3) is 10.6. The van der Waals surface area contributed by atoms with Crippen LogP contribution in [0, 0.1) is 18.8 Å². The molecule has 0 radical (unpaired) electrons. The minimum absolute atomic E-state index is 0.475. The monoisotopic (exact) mass is 685 g/mol. The van der Waals surface area contributed by atoms with Crippen LogP contribution < -0.4 is 18.9 Å². The fraction of sp³-hybridized carbons (Fsp3) is 0.341. The summed E-state index contributed by atoms with van der Waals surface area (Å²) in [6.45, 7) is 9.73. The minimum Gasteiger partial charge on any atom is -0.493 e. The van der Waals surface area contributed by atoms with Crippen LogP contribution in [0.3, 0.4) is 0 Å². The Hall–Kier alpha value is -4.85. The van der Waals surface area contributed by atoms with Gasteiger partial charge in [-0.25, -0.2) is 0 Å². The van der Waals surface area contributed by atoms with Gasteiger partial charge in [0.05, 0.1) is 38.6 Å². The second-order valence-corrected chi connectivity index (χ2v) is 14.0. The van der Waals surface area contributed by atoms with Crippen LogP contribution in [0.25, 0.3) is 22.3 Å². The lowest BCUT2D eigenvalue weighted by molar-refractivity contribution is 0.244. The highest BCUT2D eigenvalue weighted by molar-refractivity contribution is 5.66. The van der Waals surface area contributed by atoms with Gasteiger partial charge < -0.3 is 28.4 Å². The van der Waals surface area contributed by atoms with E-state index >= 15 is 0 Å². The number of rotatable bonds is 18. The van der Waals surface area contributed by atoms with Crippen LogP contribution in [0.1, 0.15) is 45.1 Å². The molecule has 4 unspecified atom stereocenters. The van der Waals surface area contributed by atoms with E-state index in [1.165, 1.54) is 0 Å². The van der Waals surface area contributed by atoms with Crippen molar-refractivity contribution in [1.29, 1.82) is 0 Å². The molecule has 0 amide bonds. The van der Waals surface area contributed by atoms with Gasteiger partial charge in [0.1, 0.15) is 23.0 Å². The normalized spacial score (nSPS) is 17.3. The lowest BCUT2D eigenvalue weighted by atomic mass is 10.0. The predicted octanol–water partition coefficient (Wildman–Crippen LogP) is 10.7. The number of ether oxygens (including phenoxy) is 6. The maximum atomic E-state index is 6.15. The van der Waals surface area contributed by atoms with Crippen molar-refractivity contribution in [2.45, 2.75) is 58.7 Å². The molecule has 2 aliphatic heterocycles. The number of benzene rings is 4. The number of aryl methyl sites for hydroxylation is 1. The van der Waals surface area contributed by atoms with Crippen LogP contribution in [-0.4, -0.2) is 43.6 Å². The Kier molecular flexibility index (Phi) is 11.2. The molecule has 1 aromatic heterocycles. The summed E-state index contributed by atoms with van der Waals surface area (Å²) >= 11 is 0. The molecule has 0 aliphatic carbocycles. The van der Waals surface area contributed by atoms with Crippen molar-refractivity contribution in [3.8, 4) is 57.0 Å². The van der Waals surface area contributed by atoms with Crippen LogP contribution in [-0.2, 0) is 9.47 Å². The van der Waals surface area contributed by atoms with Gasteiger partial charge in [-0.05, 0) is 121 Å². The molecule has 2 aliphatic rings. The molecule has 4 aromatic carbocycles. The summed E-state index contributed by atoms with van der Waals surface area (Å²) in [7, 11) is 0. The van der Waals surface area contributed by atoms with Gasteiger partial charge in [0.25, 0.3) is 0 Å². The van der Waals surface area contributed by atoms with Gasteiger partial charge in [-0.2, -0.15) is 4.98 Å². The summed E-state index contributed by atoms with van der Waals surface area (Å²) in [5.41, 5.74) is 5.42. The van der Waals surface area contributed by atoms with Gasteiger partial charge in [0, 0.05) is 12.1 Å². The van der Waals surface area contributed by atoms with E-state index in [1.807, 2.05) is 67.6 Å². The Labute approximate surface area is 301 Å². The second-order valence-electron chi connectivity index (χ2n) is 14.0. The first kappa shape index (κ1) is 34.6. The number of aromatic nitrogens is 1. The quantitative estimate of drug-likeness (QED) is 0.0850. The third-order valence-electron chi connectivity index (χ3n) is 9.29. The van der Waals surface area contributed by atoms with E-state index in [9.17, 15) is 0 Å². The molecule has 5 aromatic rings. The Bertz CT molecular complexity index is 1700. The Morgan fingerprint density at radius 1 is 0.549 bits per heavy atom. The molecule has 7 heteroatoms. The van der Waals surface area contributed by atoms with E-state index in [2.05, 4.69) is 67.4 Å². The Balaban J connectivity index is 0.895. The zero-order valence-electron chi connectivity index (χ0n) is 29.8. The topological polar surface area (TPSA) is 74.9 Å². The Morgan fingerprint density at radius 3 is 1.22 bits per heavy atom. The van der Waals surface area contributed by atoms with Gasteiger partial charge in [-0.15, -0.1) is 0 Å². The van der Waals surface area contributed by atoms with Gasteiger partial charge in [0.2, 0.25) is 11.8 Å². The van der Waals surface area contributed by atoms with E-state index in [0.717, 1.165) is 78.2 Å². The van der Waals surface area contributed by atoms with E-state index in [0.29, 0.717) is 60.5 Å². The Morgan fingerprint density at radius 2 is 0.882 bits per heavy atom. The van der Waals surface area contributed by atoms with Gasteiger partial charge in [-0.3, -0.25) is 0 Å². The zero-order valence-corrected chi connectivity index (χ0v) is 29.8. The summed E-state index contributed by atoms with van der Waals surface area (Å²) in [5, 5.41) is 0. The summed E-state index contributed by atoms with van der Waals surface area (Å²) in [6, 6.07) is 36.3. The third-order valence-corrected chi connectivity index (χ3v) is 9.29. The molecule has 2 fully saturated rings. The highest BCUT2D eigenvalue weighted by atomic mass is 16.6. The van der Waals surface area contributed by atoms with Crippen LogP contribution >= 0.6 is 0 Å². The van der Waals surface area contributed by atoms with Gasteiger partial charge in [0.15, 0.2) is 0 Å². The fourth-order valence-corrected chi connectivity index (χ4v) is 5.92. The first-order chi connectivity index (χ1) is 24.9. The molecule has 7 nitrogen and oxygen atoms in total. The van der Waals surface area contributed by atoms with Crippen molar-refractivity contribution in [1.82, 2.24) is 4.98 Å². The van der Waals surface area contributed by atoms with Crippen molar-refractivity contribution < 1.29 is 28.4 Å². The van der Waals surface area contributed by atoms with E-state index in [1.54, 1.807) is 0 Å². The lowest BCUT2D eigenvalue weighted by Gasteiger charge is -2.13. The first-order valence-electron chi connectivity index (χ1n) is 18.2. The summed E-state index contributed by atoms with van der Waals surface area (Å²) < 4.78 is 35.0. The smallest absolute Gasteiger partial charge is 0.222 e. The first-order valence-corrected chi connectivity index (χ1v) is 18.2. The van der Waals surface area contributed by atoms with Crippen LogP contribution in [0.4, 0.5) is 0 Å².